The van der Waals surface area contributed by atoms with Crippen LogP contribution in [-0.2, 0) is 10.2 Å². The van der Waals surface area contributed by atoms with Crippen LogP contribution >= 0.6 is 11.3 Å². The van der Waals surface area contributed by atoms with Crippen LogP contribution < -0.4 is 10.6 Å². The molecule has 5 nitrogen and oxygen atoms in total. The summed E-state index contributed by atoms with van der Waals surface area (Å²) in [5, 5.41) is 15.8. The SMILES string of the molecule is CC(C)(C)c1nnc(NC(=O)C2CCCNC2)s1. The van der Waals surface area contributed by atoms with Crippen LogP contribution in [-0.4, -0.2) is 29.2 Å². The van der Waals surface area contributed by atoms with E-state index >= 15 is 0 Å². The Bertz CT molecular complexity index is 418. The predicted octanol–water partition coefficient (Wildman–Crippen LogP) is 1.77. The summed E-state index contributed by atoms with van der Waals surface area (Å²) in [5.74, 6) is 0.111. The van der Waals surface area contributed by atoms with Crippen LogP contribution in [0.3, 0.4) is 0 Å². The third-order valence-corrected chi connectivity index (χ3v) is 4.23. The Morgan fingerprint density at radius 2 is 2.22 bits per heavy atom. The number of piperidine rings is 1. The van der Waals surface area contributed by atoms with Crippen LogP contribution in [0.25, 0.3) is 0 Å². The molecule has 2 N–H and O–H groups in total. The average molecular weight is 268 g/mol. The molecular formula is C12H20N4OS. The lowest BCUT2D eigenvalue weighted by Gasteiger charge is -2.21. The van der Waals surface area contributed by atoms with Crippen LogP contribution in [0.15, 0.2) is 0 Å². The van der Waals surface area contributed by atoms with Crippen molar-refractivity contribution in [2.75, 3.05) is 18.4 Å². The third-order valence-electron chi connectivity index (χ3n) is 2.96. The van der Waals surface area contributed by atoms with E-state index in [2.05, 4.69) is 41.6 Å². The number of hydrogen-bond donors (Lipinski definition) is 2. The van der Waals surface area contributed by atoms with Crippen LogP contribution in [0.2, 0.25) is 0 Å². The molecular weight excluding hydrogens is 248 g/mol. The number of hydrogen-bond acceptors (Lipinski definition) is 5. The van der Waals surface area contributed by atoms with E-state index in [1.165, 1.54) is 11.3 Å². The topological polar surface area (TPSA) is 66.9 Å². The van der Waals surface area contributed by atoms with Gasteiger partial charge in [0.15, 0.2) is 0 Å². The molecule has 100 valence electrons. The van der Waals surface area contributed by atoms with Crippen molar-refractivity contribution in [3.05, 3.63) is 5.01 Å². The summed E-state index contributed by atoms with van der Waals surface area (Å²) in [7, 11) is 0. The Balaban J connectivity index is 1.96. The Morgan fingerprint density at radius 3 is 2.78 bits per heavy atom. The number of rotatable bonds is 2. The summed E-state index contributed by atoms with van der Waals surface area (Å²) >= 11 is 1.46. The van der Waals surface area contributed by atoms with E-state index in [0.29, 0.717) is 5.13 Å². The van der Waals surface area contributed by atoms with Gasteiger partial charge in [0.25, 0.3) is 0 Å². The van der Waals surface area contributed by atoms with E-state index in [0.717, 1.165) is 30.9 Å². The monoisotopic (exact) mass is 268 g/mol. The standard InChI is InChI=1S/C12H20N4OS/c1-12(2,3)10-15-16-11(18-10)14-9(17)8-5-4-6-13-7-8/h8,13H,4-7H2,1-3H3,(H,14,16,17). The molecule has 1 amide bonds. The summed E-state index contributed by atoms with van der Waals surface area (Å²) in [6, 6.07) is 0. The summed E-state index contributed by atoms with van der Waals surface area (Å²) < 4.78 is 0. The minimum absolute atomic E-state index is 0.0208. The van der Waals surface area contributed by atoms with Crippen molar-refractivity contribution in [3.63, 3.8) is 0 Å². The lowest BCUT2D eigenvalue weighted by molar-refractivity contribution is -0.120. The number of amides is 1. The van der Waals surface area contributed by atoms with Crippen molar-refractivity contribution < 1.29 is 4.79 Å². The van der Waals surface area contributed by atoms with Gasteiger partial charge in [-0.3, -0.25) is 4.79 Å². The lowest BCUT2D eigenvalue weighted by Crippen LogP contribution is -2.37. The maximum absolute atomic E-state index is 12.0. The van der Waals surface area contributed by atoms with Crippen LogP contribution in [0.5, 0.6) is 0 Å². The number of nitrogens with one attached hydrogen (secondary N) is 2. The second-order valence-electron chi connectivity index (χ2n) is 5.69. The molecule has 2 heterocycles. The number of aromatic nitrogens is 2. The molecule has 1 aromatic rings. The first-order valence-electron chi connectivity index (χ1n) is 6.32. The largest absolute Gasteiger partial charge is 0.316 e. The van der Waals surface area contributed by atoms with Crippen molar-refractivity contribution >= 4 is 22.4 Å². The van der Waals surface area contributed by atoms with E-state index in [-0.39, 0.29) is 17.2 Å². The molecule has 1 atom stereocenters. The second kappa shape index (κ2) is 5.32. The zero-order valence-electron chi connectivity index (χ0n) is 11.1. The fourth-order valence-corrected chi connectivity index (χ4v) is 2.66. The van der Waals surface area contributed by atoms with Gasteiger partial charge < -0.3 is 10.6 Å². The van der Waals surface area contributed by atoms with E-state index < -0.39 is 0 Å². The second-order valence-corrected chi connectivity index (χ2v) is 6.67. The van der Waals surface area contributed by atoms with Crippen molar-refractivity contribution in [1.82, 2.24) is 15.5 Å². The van der Waals surface area contributed by atoms with Crippen LogP contribution in [0.4, 0.5) is 5.13 Å². The molecule has 1 unspecified atom stereocenters. The van der Waals surface area contributed by atoms with Crippen LogP contribution in [0.1, 0.15) is 38.6 Å². The van der Waals surface area contributed by atoms with Crippen LogP contribution in [0, 0.1) is 5.92 Å². The smallest absolute Gasteiger partial charge is 0.230 e. The quantitative estimate of drug-likeness (QED) is 0.858. The van der Waals surface area contributed by atoms with E-state index in [4.69, 9.17) is 0 Å². The zero-order chi connectivity index (χ0) is 13.2. The summed E-state index contributed by atoms with van der Waals surface area (Å²) in [5.41, 5.74) is -0.0208. The fraction of sp³-hybridized carbons (Fsp3) is 0.750. The number of carbonyl (C=O) groups is 1. The Morgan fingerprint density at radius 1 is 1.44 bits per heavy atom. The highest BCUT2D eigenvalue weighted by Gasteiger charge is 2.24. The maximum atomic E-state index is 12.0. The molecule has 1 aliphatic rings. The maximum Gasteiger partial charge on any atom is 0.230 e. The third kappa shape index (κ3) is 3.26. The molecule has 6 heteroatoms. The Hall–Kier alpha value is -1.01. The minimum Gasteiger partial charge on any atom is -0.316 e. The van der Waals surface area contributed by atoms with E-state index in [1.807, 2.05) is 0 Å². The number of carbonyl (C=O) groups excluding carboxylic acids is 1. The lowest BCUT2D eigenvalue weighted by atomic mass is 9.98. The molecule has 18 heavy (non-hydrogen) atoms. The van der Waals surface area contributed by atoms with Crippen molar-refractivity contribution in [3.8, 4) is 0 Å². The van der Waals surface area contributed by atoms with E-state index in [1.54, 1.807) is 0 Å². The average Bonchev–Trinajstić information content (AvgIpc) is 2.78. The summed E-state index contributed by atoms with van der Waals surface area (Å²) in [6.45, 7) is 8.03. The van der Waals surface area contributed by atoms with Gasteiger partial charge in [-0.2, -0.15) is 0 Å². The molecule has 2 rings (SSSR count). The van der Waals surface area contributed by atoms with Crippen molar-refractivity contribution in [2.24, 2.45) is 5.92 Å². The summed E-state index contributed by atoms with van der Waals surface area (Å²) in [4.78, 5) is 12.0. The highest BCUT2D eigenvalue weighted by atomic mass is 32.1. The molecule has 0 bridgehead atoms. The Kier molecular flexibility index (Phi) is 3.97. The highest BCUT2D eigenvalue weighted by molar-refractivity contribution is 7.15. The molecule has 1 saturated heterocycles. The van der Waals surface area contributed by atoms with Gasteiger partial charge >= 0.3 is 0 Å². The molecule has 0 radical (unpaired) electrons. The molecule has 0 spiro atoms. The molecule has 0 aromatic carbocycles. The van der Waals surface area contributed by atoms with Gasteiger partial charge in [0, 0.05) is 12.0 Å². The van der Waals surface area contributed by atoms with Gasteiger partial charge in [0.2, 0.25) is 11.0 Å². The molecule has 1 aliphatic heterocycles. The fourth-order valence-electron chi connectivity index (χ4n) is 1.86. The van der Waals surface area contributed by atoms with Gasteiger partial charge in [0.1, 0.15) is 5.01 Å². The highest BCUT2D eigenvalue weighted by Crippen LogP contribution is 2.28. The number of nitrogens with zero attached hydrogens (tertiary/aromatic N) is 2. The number of anilines is 1. The van der Waals surface area contributed by atoms with Gasteiger partial charge in [-0.05, 0) is 19.4 Å². The van der Waals surface area contributed by atoms with Gasteiger partial charge in [-0.25, -0.2) is 0 Å². The zero-order valence-corrected chi connectivity index (χ0v) is 11.9. The molecule has 1 fully saturated rings. The first-order chi connectivity index (χ1) is 8.47. The van der Waals surface area contributed by atoms with Gasteiger partial charge in [-0.1, -0.05) is 32.1 Å². The molecule has 0 saturated carbocycles. The summed E-state index contributed by atoms with van der Waals surface area (Å²) in [6.07, 6.45) is 2.01. The van der Waals surface area contributed by atoms with Crippen molar-refractivity contribution in [2.45, 2.75) is 39.0 Å². The normalized spacial score (nSPS) is 20.7. The van der Waals surface area contributed by atoms with Gasteiger partial charge in [0.05, 0.1) is 5.92 Å². The minimum atomic E-state index is -0.0208. The first kappa shape index (κ1) is 13.4. The van der Waals surface area contributed by atoms with E-state index in [9.17, 15) is 4.79 Å². The molecule has 0 aliphatic carbocycles. The first-order valence-corrected chi connectivity index (χ1v) is 7.14. The molecule has 1 aromatic heterocycles. The van der Waals surface area contributed by atoms with Gasteiger partial charge in [-0.15, -0.1) is 10.2 Å². The Labute approximate surface area is 111 Å². The predicted molar refractivity (Wildman–Crippen MR) is 72.8 cm³/mol. The van der Waals surface area contributed by atoms with Crippen molar-refractivity contribution in [1.29, 1.82) is 0 Å².